The van der Waals surface area contributed by atoms with Crippen molar-refractivity contribution in [3.63, 3.8) is 0 Å². The number of rotatable bonds is 6. The highest BCUT2D eigenvalue weighted by molar-refractivity contribution is 5.83. The molecule has 1 aromatic carbocycles. The molecule has 0 unspecified atom stereocenters. The lowest BCUT2D eigenvalue weighted by Gasteiger charge is -2.27. The van der Waals surface area contributed by atoms with Crippen molar-refractivity contribution in [2.75, 3.05) is 31.5 Å². The minimum absolute atomic E-state index is 0.00721. The molecular weight excluding hydrogens is 450 g/mol. The van der Waals surface area contributed by atoms with E-state index in [1.807, 2.05) is 43.7 Å². The van der Waals surface area contributed by atoms with E-state index in [4.69, 9.17) is 0 Å². The van der Waals surface area contributed by atoms with Gasteiger partial charge in [-0.2, -0.15) is 0 Å². The van der Waals surface area contributed by atoms with Gasteiger partial charge in [0.25, 0.3) is 0 Å². The lowest BCUT2D eigenvalue weighted by Crippen LogP contribution is -2.42. The van der Waals surface area contributed by atoms with Gasteiger partial charge in [-0.15, -0.1) is 0 Å². The minimum atomic E-state index is -0.638. The number of hydrogen-bond acceptors (Lipinski definition) is 7. The quantitative estimate of drug-likeness (QED) is 0.430. The fourth-order valence-electron chi connectivity index (χ4n) is 4.52. The highest BCUT2D eigenvalue weighted by atomic mass is 19.1. The number of aromatic nitrogens is 5. The zero-order valence-corrected chi connectivity index (χ0v) is 20.0. The Kier molecular flexibility index (Phi) is 6.40. The van der Waals surface area contributed by atoms with Crippen molar-refractivity contribution in [2.24, 2.45) is 0 Å². The van der Waals surface area contributed by atoms with Gasteiger partial charge in [-0.1, -0.05) is 6.07 Å². The third kappa shape index (κ3) is 4.85. The van der Waals surface area contributed by atoms with E-state index in [9.17, 15) is 8.78 Å². The average Bonchev–Trinajstić information content (AvgIpc) is 3.19. The van der Waals surface area contributed by atoms with Gasteiger partial charge in [0.2, 0.25) is 5.95 Å². The molecule has 2 N–H and O–H groups in total. The molecule has 1 aliphatic rings. The molecule has 0 amide bonds. The summed E-state index contributed by atoms with van der Waals surface area (Å²) >= 11 is 0. The first-order chi connectivity index (χ1) is 16.9. The van der Waals surface area contributed by atoms with Crippen molar-refractivity contribution in [3.05, 3.63) is 59.7 Å². The number of hydrogen-bond donors (Lipinski definition) is 2. The van der Waals surface area contributed by atoms with Crippen LogP contribution in [0.5, 0.6) is 0 Å². The molecule has 8 nitrogen and oxygen atoms in total. The molecule has 3 aromatic heterocycles. The van der Waals surface area contributed by atoms with Gasteiger partial charge in [0, 0.05) is 50.5 Å². The summed E-state index contributed by atoms with van der Waals surface area (Å²) in [7, 11) is 0. The Morgan fingerprint density at radius 1 is 1.03 bits per heavy atom. The zero-order chi connectivity index (χ0) is 24.5. The number of halogens is 2. The maximum Gasteiger partial charge on any atom is 0.229 e. The average molecular weight is 479 g/mol. The van der Waals surface area contributed by atoms with Crippen molar-refractivity contribution in [3.8, 4) is 11.3 Å². The summed E-state index contributed by atoms with van der Waals surface area (Å²) in [6, 6.07) is 6.90. The van der Waals surface area contributed by atoms with Gasteiger partial charge in [0.15, 0.2) is 11.6 Å². The smallest absolute Gasteiger partial charge is 0.229 e. The van der Waals surface area contributed by atoms with Gasteiger partial charge in [-0.25, -0.2) is 28.7 Å². The molecule has 182 valence electrons. The molecular formula is C25H28F2N8. The molecule has 35 heavy (non-hydrogen) atoms. The number of piperazine rings is 1. The van der Waals surface area contributed by atoms with Crippen LogP contribution < -0.4 is 10.6 Å². The number of imidazole rings is 1. The highest BCUT2D eigenvalue weighted by Crippen LogP contribution is 2.30. The van der Waals surface area contributed by atoms with Gasteiger partial charge in [0.05, 0.1) is 11.7 Å². The second kappa shape index (κ2) is 9.63. The molecule has 0 spiro atoms. The van der Waals surface area contributed by atoms with Gasteiger partial charge in [-0.3, -0.25) is 4.90 Å². The van der Waals surface area contributed by atoms with E-state index in [0.29, 0.717) is 22.7 Å². The molecule has 1 fully saturated rings. The molecule has 10 heteroatoms. The van der Waals surface area contributed by atoms with Gasteiger partial charge in [0.1, 0.15) is 22.9 Å². The number of anilines is 2. The first kappa shape index (κ1) is 23.3. The Hall–Kier alpha value is -3.50. The summed E-state index contributed by atoms with van der Waals surface area (Å²) in [5.41, 5.74) is 2.30. The summed E-state index contributed by atoms with van der Waals surface area (Å²) in [5, 5.41) is 6.37. The Bertz CT molecular complexity index is 1340. The van der Waals surface area contributed by atoms with E-state index in [-0.39, 0.29) is 23.2 Å². The molecule has 4 heterocycles. The Morgan fingerprint density at radius 2 is 1.83 bits per heavy atom. The molecule has 1 aliphatic heterocycles. The second-order valence-corrected chi connectivity index (χ2v) is 9.04. The van der Waals surface area contributed by atoms with Crippen LogP contribution in [-0.2, 0) is 6.54 Å². The highest BCUT2D eigenvalue weighted by Gasteiger charge is 2.18. The van der Waals surface area contributed by atoms with Crippen LogP contribution in [0.2, 0.25) is 0 Å². The SMILES string of the molecule is Cc1nc2c(F)cc(-c3nc(Nc4ccc(CN5CCNCC5)cn4)ncc3F)cc2n1C(C)C. The summed E-state index contributed by atoms with van der Waals surface area (Å²) in [5.74, 6) is 0.262. The summed E-state index contributed by atoms with van der Waals surface area (Å²) < 4.78 is 31.6. The third-order valence-electron chi connectivity index (χ3n) is 6.14. The molecule has 5 rings (SSSR count). The van der Waals surface area contributed by atoms with Gasteiger partial charge < -0.3 is 15.2 Å². The van der Waals surface area contributed by atoms with Crippen LogP contribution in [0.1, 0.15) is 31.3 Å². The van der Waals surface area contributed by atoms with Gasteiger partial charge in [-0.05, 0) is 44.5 Å². The Balaban J connectivity index is 1.40. The van der Waals surface area contributed by atoms with E-state index in [2.05, 4.69) is 35.5 Å². The van der Waals surface area contributed by atoms with E-state index >= 15 is 0 Å². The second-order valence-electron chi connectivity index (χ2n) is 9.04. The minimum Gasteiger partial charge on any atom is -0.326 e. The van der Waals surface area contributed by atoms with Crippen molar-refractivity contribution < 1.29 is 8.78 Å². The first-order valence-corrected chi connectivity index (χ1v) is 11.7. The maximum atomic E-state index is 14.9. The van der Waals surface area contributed by atoms with E-state index in [0.717, 1.165) is 44.5 Å². The molecule has 0 radical (unpaired) electrons. The Labute approximate surface area is 202 Å². The number of benzene rings is 1. The number of fused-ring (bicyclic) bond motifs is 1. The van der Waals surface area contributed by atoms with Crippen LogP contribution in [0, 0.1) is 18.6 Å². The largest absolute Gasteiger partial charge is 0.326 e. The standard InChI is InChI=1S/C25H28F2N8/c1-15(2)35-16(3)31-24-19(26)10-18(11-21(24)35)23-20(27)13-30-25(33-23)32-22-5-4-17(12-29-22)14-34-8-6-28-7-9-34/h4-5,10-13,15,28H,6-9,14H2,1-3H3,(H,29,30,32,33). The molecule has 1 saturated heterocycles. The van der Waals surface area contributed by atoms with Crippen molar-refractivity contribution in [1.29, 1.82) is 0 Å². The van der Waals surface area contributed by atoms with Crippen molar-refractivity contribution in [1.82, 2.24) is 34.7 Å². The van der Waals surface area contributed by atoms with Gasteiger partial charge >= 0.3 is 0 Å². The van der Waals surface area contributed by atoms with Crippen LogP contribution >= 0.6 is 0 Å². The van der Waals surface area contributed by atoms with Crippen LogP contribution in [-0.4, -0.2) is 55.6 Å². The lowest BCUT2D eigenvalue weighted by atomic mass is 10.1. The van der Waals surface area contributed by atoms with Crippen LogP contribution in [0.15, 0.2) is 36.7 Å². The predicted octanol–water partition coefficient (Wildman–Crippen LogP) is 4.20. The maximum absolute atomic E-state index is 14.9. The van der Waals surface area contributed by atoms with E-state index in [1.54, 1.807) is 6.07 Å². The molecule has 4 aromatic rings. The number of pyridine rings is 1. The van der Waals surface area contributed by atoms with Crippen LogP contribution in [0.25, 0.3) is 22.3 Å². The van der Waals surface area contributed by atoms with E-state index < -0.39 is 11.6 Å². The number of aryl methyl sites for hydroxylation is 1. The molecule has 0 atom stereocenters. The fraction of sp³-hybridized carbons (Fsp3) is 0.360. The van der Waals surface area contributed by atoms with Crippen molar-refractivity contribution in [2.45, 2.75) is 33.4 Å². The first-order valence-electron chi connectivity index (χ1n) is 11.7. The summed E-state index contributed by atoms with van der Waals surface area (Å²) in [6.07, 6.45) is 2.89. The predicted molar refractivity (Wildman–Crippen MR) is 131 cm³/mol. The topological polar surface area (TPSA) is 83.8 Å². The molecule has 0 bridgehead atoms. The molecule has 0 saturated carbocycles. The number of nitrogens with one attached hydrogen (secondary N) is 2. The summed E-state index contributed by atoms with van der Waals surface area (Å²) in [4.78, 5) is 19.6. The third-order valence-corrected chi connectivity index (χ3v) is 6.14. The number of nitrogens with zero attached hydrogens (tertiary/aromatic N) is 6. The normalized spacial score (nSPS) is 14.7. The monoisotopic (exact) mass is 478 g/mol. The lowest BCUT2D eigenvalue weighted by molar-refractivity contribution is 0.233. The fourth-order valence-corrected chi connectivity index (χ4v) is 4.52. The zero-order valence-electron chi connectivity index (χ0n) is 20.0. The van der Waals surface area contributed by atoms with E-state index in [1.165, 1.54) is 6.07 Å². The van der Waals surface area contributed by atoms with Crippen LogP contribution in [0.4, 0.5) is 20.5 Å². The van der Waals surface area contributed by atoms with Crippen molar-refractivity contribution >= 4 is 22.8 Å². The summed E-state index contributed by atoms with van der Waals surface area (Å²) in [6.45, 7) is 10.7. The molecule has 0 aliphatic carbocycles. The van der Waals surface area contributed by atoms with Crippen LogP contribution in [0.3, 0.4) is 0 Å². The Morgan fingerprint density at radius 3 is 2.54 bits per heavy atom.